The van der Waals surface area contributed by atoms with Crippen molar-refractivity contribution in [2.24, 2.45) is 40.4 Å². The van der Waals surface area contributed by atoms with E-state index in [4.69, 9.17) is 22.6 Å². The quantitative estimate of drug-likeness (QED) is 0.0524. The maximum absolute atomic E-state index is 14.0. The van der Waals surface area contributed by atoms with Crippen LogP contribution in [-0.4, -0.2) is 78.0 Å². The van der Waals surface area contributed by atoms with E-state index in [1.54, 1.807) is 24.3 Å². The van der Waals surface area contributed by atoms with Crippen LogP contribution in [0.4, 0.5) is 4.79 Å². The van der Waals surface area contributed by atoms with Crippen LogP contribution in [0.3, 0.4) is 0 Å². The van der Waals surface area contributed by atoms with Gasteiger partial charge in [0.15, 0.2) is 5.96 Å². The smallest absolute Gasteiger partial charge is 0.405 e. The molecule has 5 amide bonds. The molecular weight excluding hydrogens is 642 g/mol. The molecule has 4 aliphatic rings. The summed E-state index contributed by atoms with van der Waals surface area (Å²) in [5.41, 5.74) is 17.2. The number of nitrogens with one attached hydrogen (secondary N) is 6. The van der Waals surface area contributed by atoms with Gasteiger partial charge in [0.05, 0.1) is 0 Å². The normalized spacial score (nSPS) is 24.2. The van der Waals surface area contributed by atoms with Crippen LogP contribution >= 0.6 is 0 Å². The second-order valence-corrected chi connectivity index (χ2v) is 14.7. The van der Waals surface area contributed by atoms with Gasteiger partial charge in [-0.2, -0.15) is 0 Å². The van der Waals surface area contributed by atoms with Crippen molar-refractivity contribution < 1.29 is 29.1 Å². The van der Waals surface area contributed by atoms with E-state index >= 15 is 0 Å². The molecule has 15 nitrogen and oxygen atoms in total. The Labute approximate surface area is 293 Å². The van der Waals surface area contributed by atoms with Gasteiger partial charge in [-0.25, -0.2) is 4.79 Å². The highest BCUT2D eigenvalue weighted by molar-refractivity contribution is 5.95. The van der Waals surface area contributed by atoms with Crippen LogP contribution in [0.2, 0.25) is 0 Å². The molecule has 1 aromatic rings. The standard InChI is InChI=1S/C35H55N9O6/c36-11-5-4-9-25(29(37)45)41-31(47)27(16-21-7-2-1-3-8-21)43-30(46)26(10-6-12-40-33(38)39)42-32(48)28(44-34(49)50)20-35-17-22-13-23(18-35)15-24(14-22)19-35/h1-3,7-8,22-28,44H,4-6,9-20,36H2,(H2,37,45)(H,41,47)(H,42,48)(H,43,46)(H,49,50)(H4,38,39,40)/t22?,23?,24?,25-,26+,27-,28-,35?/m0/s1. The van der Waals surface area contributed by atoms with E-state index in [-0.39, 0.29) is 37.2 Å². The molecule has 0 saturated heterocycles. The first-order chi connectivity index (χ1) is 23.9. The van der Waals surface area contributed by atoms with Crippen molar-refractivity contribution in [3.8, 4) is 0 Å². The van der Waals surface area contributed by atoms with Crippen LogP contribution < -0.4 is 43.8 Å². The van der Waals surface area contributed by atoms with Gasteiger partial charge in [0.2, 0.25) is 23.6 Å². The van der Waals surface area contributed by atoms with E-state index in [1.807, 2.05) is 6.07 Å². The van der Waals surface area contributed by atoms with Crippen molar-refractivity contribution in [2.45, 2.75) is 108 Å². The highest BCUT2D eigenvalue weighted by Crippen LogP contribution is 2.61. The van der Waals surface area contributed by atoms with Gasteiger partial charge in [-0.1, -0.05) is 30.3 Å². The number of unbranched alkanes of at least 4 members (excludes halogenated alkanes) is 1. The number of nitrogens with two attached hydrogens (primary N) is 3. The van der Waals surface area contributed by atoms with Crippen molar-refractivity contribution >= 4 is 35.7 Å². The van der Waals surface area contributed by atoms with Gasteiger partial charge in [0.1, 0.15) is 24.2 Å². The molecule has 15 heteroatoms. The van der Waals surface area contributed by atoms with E-state index in [0.717, 1.165) is 24.8 Å². The number of primary amides is 1. The van der Waals surface area contributed by atoms with Crippen LogP contribution in [0.1, 0.15) is 82.6 Å². The zero-order valence-electron chi connectivity index (χ0n) is 28.8. The van der Waals surface area contributed by atoms with Crippen LogP contribution in [-0.2, 0) is 25.6 Å². The van der Waals surface area contributed by atoms with Crippen molar-refractivity contribution in [2.75, 3.05) is 13.1 Å². The fraction of sp³-hybridized carbons (Fsp3) is 0.657. The maximum Gasteiger partial charge on any atom is 0.405 e. The van der Waals surface area contributed by atoms with Crippen LogP contribution in [0.25, 0.3) is 0 Å². The lowest BCUT2D eigenvalue weighted by Gasteiger charge is -2.57. The summed E-state index contributed by atoms with van der Waals surface area (Å²) < 4.78 is 0. The van der Waals surface area contributed by atoms with Gasteiger partial charge in [-0.05, 0) is 112 Å². The SMILES string of the molecule is N=C(N)NCCC[C@@H](NC(=O)[C@H](CC12CC3CC(CC(C3)C1)C2)NC(=O)O)C(=O)N[C@@H](Cc1ccccc1)C(=O)N[C@@H](CCCCN)C(N)=O. The number of hydrogen-bond donors (Lipinski definition) is 10. The third kappa shape index (κ3) is 11.3. The van der Waals surface area contributed by atoms with Crippen molar-refractivity contribution in [3.05, 3.63) is 35.9 Å². The molecule has 276 valence electrons. The van der Waals surface area contributed by atoms with Gasteiger partial charge < -0.3 is 48.9 Å². The Hall–Kier alpha value is -4.40. The molecule has 0 radical (unpaired) electrons. The molecule has 50 heavy (non-hydrogen) atoms. The molecule has 0 heterocycles. The molecule has 0 aromatic heterocycles. The summed E-state index contributed by atoms with van der Waals surface area (Å²) in [5, 5.41) is 30.5. The fourth-order valence-corrected chi connectivity index (χ4v) is 8.78. The highest BCUT2D eigenvalue weighted by atomic mass is 16.4. The van der Waals surface area contributed by atoms with Crippen LogP contribution in [0.5, 0.6) is 0 Å². The van der Waals surface area contributed by atoms with E-state index < -0.39 is 53.9 Å². The van der Waals surface area contributed by atoms with E-state index in [2.05, 4.69) is 26.6 Å². The minimum absolute atomic E-state index is 0.0917. The molecule has 4 aliphatic carbocycles. The molecule has 4 atom stereocenters. The molecule has 4 bridgehead atoms. The zero-order valence-corrected chi connectivity index (χ0v) is 28.8. The number of rotatable bonds is 20. The summed E-state index contributed by atoms with van der Waals surface area (Å²) in [6.45, 7) is 0.669. The third-order valence-corrected chi connectivity index (χ3v) is 10.6. The van der Waals surface area contributed by atoms with Gasteiger partial charge in [-0.3, -0.25) is 24.6 Å². The maximum atomic E-state index is 14.0. The number of carbonyl (C=O) groups excluding carboxylic acids is 4. The Bertz CT molecular complexity index is 1320. The van der Waals surface area contributed by atoms with Gasteiger partial charge in [0, 0.05) is 13.0 Å². The van der Waals surface area contributed by atoms with E-state index in [9.17, 15) is 29.1 Å². The number of carboxylic acid groups (broad SMARTS) is 1. The minimum atomic E-state index is -1.32. The Morgan fingerprint density at radius 1 is 0.760 bits per heavy atom. The predicted molar refractivity (Wildman–Crippen MR) is 187 cm³/mol. The summed E-state index contributed by atoms with van der Waals surface area (Å²) in [6, 6.07) is 4.72. The van der Waals surface area contributed by atoms with Gasteiger partial charge in [-0.15, -0.1) is 0 Å². The summed E-state index contributed by atoms with van der Waals surface area (Å²) in [5.74, 6) is -1.03. The molecule has 0 aliphatic heterocycles. The van der Waals surface area contributed by atoms with Crippen LogP contribution in [0, 0.1) is 28.6 Å². The average Bonchev–Trinajstić information content (AvgIpc) is 3.04. The van der Waals surface area contributed by atoms with Crippen molar-refractivity contribution in [1.82, 2.24) is 26.6 Å². The number of hydrogen-bond acceptors (Lipinski definition) is 7. The lowest BCUT2D eigenvalue weighted by molar-refractivity contribution is -0.134. The van der Waals surface area contributed by atoms with E-state index in [1.165, 1.54) is 19.3 Å². The molecular formula is C35H55N9O6. The van der Waals surface area contributed by atoms with Crippen molar-refractivity contribution in [3.63, 3.8) is 0 Å². The fourth-order valence-electron chi connectivity index (χ4n) is 8.78. The Balaban J connectivity index is 1.52. The number of guanidine groups is 1. The Morgan fingerprint density at radius 2 is 1.30 bits per heavy atom. The highest BCUT2D eigenvalue weighted by Gasteiger charge is 2.52. The number of benzene rings is 1. The monoisotopic (exact) mass is 697 g/mol. The first-order valence-electron chi connectivity index (χ1n) is 17.9. The Morgan fingerprint density at radius 3 is 1.86 bits per heavy atom. The molecule has 0 spiro atoms. The summed E-state index contributed by atoms with van der Waals surface area (Å²) in [6.07, 6.45) is 7.56. The first kappa shape index (κ1) is 38.4. The molecule has 4 fully saturated rings. The molecule has 1 aromatic carbocycles. The molecule has 13 N–H and O–H groups in total. The van der Waals surface area contributed by atoms with E-state index in [0.29, 0.717) is 50.0 Å². The number of amides is 5. The molecule has 4 saturated carbocycles. The third-order valence-electron chi connectivity index (χ3n) is 10.6. The largest absolute Gasteiger partial charge is 0.465 e. The van der Waals surface area contributed by atoms with Gasteiger partial charge >= 0.3 is 6.09 Å². The lowest BCUT2D eigenvalue weighted by atomic mass is 9.48. The summed E-state index contributed by atoms with van der Waals surface area (Å²) >= 11 is 0. The predicted octanol–water partition coefficient (Wildman–Crippen LogP) is 0.804. The van der Waals surface area contributed by atoms with Gasteiger partial charge in [0.25, 0.3) is 0 Å². The second-order valence-electron chi connectivity index (χ2n) is 14.7. The molecule has 5 rings (SSSR count). The average molecular weight is 698 g/mol. The second kappa shape index (κ2) is 18.0. The van der Waals surface area contributed by atoms with Crippen molar-refractivity contribution in [1.29, 1.82) is 5.41 Å². The number of carbonyl (C=O) groups is 5. The van der Waals surface area contributed by atoms with Crippen LogP contribution in [0.15, 0.2) is 30.3 Å². The topological polar surface area (TPSA) is 268 Å². The zero-order chi connectivity index (χ0) is 36.3. The first-order valence-corrected chi connectivity index (χ1v) is 17.9. The lowest BCUT2D eigenvalue weighted by Crippen LogP contribution is -2.59. The summed E-state index contributed by atoms with van der Waals surface area (Å²) in [7, 11) is 0. The Kier molecular flexibility index (Phi) is 13.8. The molecule has 0 unspecified atom stereocenters. The summed E-state index contributed by atoms with van der Waals surface area (Å²) in [4.78, 5) is 65.6. The minimum Gasteiger partial charge on any atom is -0.465 e.